The Hall–Kier alpha value is -1.92. The lowest BCUT2D eigenvalue weighted by atomic mass is 9.93. The van der Waals surface area contributed by atoms with Gasteiger partial charge in [-0.1, -0.05) is 30.3 Å². The number of aliphatic carboxylic acids is 1. The molecule has 0 aromatic heterocycles. The maximum absolute atomic E-state index is 12.6. The summed E-state index contributed by atoms with van der Waals surface area (Å²) in [6, 6.07) is 10.5. The number of hydrogen-bond acceptors (Lipinski definition) is 4. The number of hydrogen-bond donors (Lipinski definition) is 2. The van der Waals surface area contributed by atoms with E-state index in [1.54, 1.807) is 0 Å². The first-order chi connectivity index (χ1) is 12.6. The first kappa shape index (κ1) is 18.9. The second kappa shape index (κ2) is 9.14. The van der Waals surface area contributed by atoms with Gasteiger partial charge in [-0.05, 0) is 37.8 Å². The minimum atomic E-state index is -0.753. The average Bonchev–Trinajstić information content (AvgIpc) is 2.67. The molecule has 1 atom stereocenters. The summed E-state index contributed by atoms with van der Waals surface area (Å²) in [5.74, 6) is -0.539. The number of nitrogens with zero attached hydrogens (tertiary/aromatic N) is 2. The van der Waals surface area contributed by atoms with E-state index in [1.807, 2.05) is 35.2 Å². The fourth-order valence-corrected chi connectivity index (χ4v) is 4.12. The van der Waals surface area contributed by atoms with Crippen LogP contribution in [0, 0.1) is 5.92 Å². The molecule has 2 fully saturated rings. The molecule has 6 nitrogen and oxygen atoms in total. The van der Waals surface area contributed by atoms with E-state index in [4.69, 9.17) is 5.11 Å². The normalized spacial score (nSPS) is 22.8. The van der Waals surface area contributed by atoms with Gasteiger partial charge in [-0.25, -0.2) is 0 Å². The van der Waals surface area contributed by atoms with Crippen LogP contribution in [0.25, 0.3) is 0 Å². The van der Waals surface area contributed by atoms with Crippen LogP contribution in [0.5, 0.6) is 0 Å². The molecule has 3 rings (SSSR count). The molecule has 26 heavy (non-hydrogen) atoms. The van der Waals surface area contributed by atoms with Gasteiger partial charge in [0.25, 0.3) is 0 Å². The minimum absolute atomic E-state index is 0.0597. The zero-order chi connectivity index (χ0) is 18.4. The van der Waals surface area contributed by atoms with Crippen molar-refractivity contribution < 1.29 is 14.7 Å². The molecule has 1 aromatic carbocycles. The molecule has 0 radical (unpaired) electrons. The third kappa shape index (κ3) is 5.29. The Labute approximate surface area is 155 Å². The van der Waals surface area contributed by atoms with Crippen molar-refractivity contribution in [3.8, 4) is 0 Å². The van der Waals surface area contributed by atoms with E-state index in [1.165, 1.54) is 0 Å². The predicted octanol–water partition coefficient (Wildman–Crippen LogP) is 1.56. The van der Waals surface area contributed by atoms with Crippen LogP contribution in [0.3, 0.4) is 0 Å². The van der Waals surface area contributed by atoms with Crippen LogP contribution in [0.4, 0.5) is 0 Å². The zero-order valence-corrected chi connectivity index (χ0v) is 15.3. The molecule has 1 aromatic rings. The Balaban J connectivity index is 1.45. The van der Waals surface area contributed by atoms with E-state index in [2.05, 4.69) is 10.2 Å². The zero-order valence-electron chi connectivity index (χ0n) is 15.3. The topological polar surface area (TPSA) is 72.9 Å². The molecule has 2 saturated heterocycles. The molecule has 2 N–H and O–H groups in total. The molecule has 142 valence electrons. The van der Waals surface area contributed by atoms with Crippen LogP contribution in [0.15, 0.2) is 30.3 Å². The summed E-state index contributed by atoms with van der Waals surface area (Å²) in [7, 11) is 0. The highest BCUT2D eigenvalue weighted by Gasteiger charge is 2.31. The summed E-state index contributed by atoms with van der Waals surface area (Å²) in [5, 5.41) is 12.0. The number of nitrogens with one attached hydrogen (secondary N) is 1. The first-order valence-corrected chi connectivity index (χ1v) is 9.61. The molecule has 0 aliphatic carbocycles. The van der Waals surface area contributed by atoms with Gasteiger partial charge in [-0.15, -0.1) is 0 Å². The molecule has 1 amide bonds. The molecule has 0 spiro atoms. The Morgan fingerprint density at radius 1 is 1.08 bits per heavy atom. The predicted molar refractivity (Wildman–Crippen MR) is 99.7 cm³/mol. The van der Waals surface area contributed by atoms with E-state index < -0.39 is 5.97 Å². The molecule has 2 aliphatic heterocycles. The molecular formula is C20H29N3O3. The number of amides is 1. The summed E-state index contributed by atoms with van der Waals surface area (Å²) < 4.78 is 0. The van der Waals surface area contributed by atoms with Crippen LogP contribution in [-0.4, -0.2) is 65.5 Å². The van der Waals surface area contributed by atoms with Crippen molar-refractivity contribution in [1.29, 1.82) is 0 Å². The molecule has 0 bridgehead atoms. The molecule has 0 unspecified atom stereocenters. The molecule has 6 heteroatoms. The second-order valence-electron chi connectivity index (χ2n) is 7.44. The van der Waals surface area contributed by atoms with Crippen molar-refractivity contribution in [2.24, 2.45) is 5.92 Å². The van der Waals surface area contributed by atoms with E-state index in [-0.39, 0.29) is 18.4 Å². The summed E-state index contributed by atoms with van der Waals surface area (Å²) in [6.07, 6.45) is 3.99. The van der Waals surface area contributed by atoms with Crippen LogP contribution in [0.2, 0.25) is 0 Å². The van der Waals surface area contributed by atoms with E-state index in [0.29, 0.717) is 12.6 Å². The fraction of sp³-hybridized carbons (Fsp3) is 0.600. The molecule has 2 heterocycles. The summed E-state index contributed by atoms with van der Waals surface area (Å²) in [4.78, 5) is 27.9. The minimum Gasteiger partial charge on any atom is -0.480 e. The number of benzene rings is 1. The van der Waals surface area contributed by atoms with E-state index in [9.17, 15) is 9.59 Å². The van der Waals surface area contributed by atoms with Gasteiger partial charge in [-0.2, -0.15) is 0 Å². The maximum atomic E-state index is 12.6. The summed E-state index contributed by atoms with van der Waals surface area (Å²) in [6.45, 7) is 4.26. The van der Waals surface area contributed by atoms with Crippen LogP contribution in [0.1, 0.15) is 31.2 Å². The van der Waals surface area contributed by atoms with Crippen LogP contribution < -0.4 is 5.32 Å². The monoisotopic (exact) mass is 359 g/mol. The van der Waals surface area contributed by atoms with Crippen molar-refractivity contribution in [2.45, 2.75) is 38.3 Å². The van der Waals surface area contributed by atoms with E-state index in [0.717, 1.165) is 57.4 Å². The van der Waals surface area contributed by atoms with Crippen molar-refractivity contribution in [3.63, 3.8) is 0 Å². The number of rotatable bonds is 6. The van der Waals surface area contributed by atoms with Crippen molar-refractivity contribution in [3.05, 3.63) is 35.9 Å². The molecule has 2 aliphatic rings. The molecular weight excluding hydrogens is 330 g/mol. The van der Waals surface area contributed by atoms with E-state index >= 15 is 0 Å². The Morgan fingerprint density at radius 3 is 2.50 bits per heavy atom. The Kier molecular flexibility index (Phi) is 6.63. The maximum Gasteiger partial charge on any atom is 0.317 e. The number of carbonyl (C=O) groups excluding carboxylic acids is 1. The smallest absolute Gasteiger partial charge is 0.317 e. The van der Waals surface area contributed by atoms with Gasteiger partial charge in [-0.3, -0.25) is 19.4 Å². The lowest BCUT2D eigenvalue weighted by Crippen LogP contribution is -2.51. The third-order valence-electron chi connectivity index (χ3n) is 5.57. The second-order valence-corrected chi connectivity index (χ2v) is 7.44. The SMILES string of the molecule is O=C(O)CN1CCC(N2CCC[C@H](C(=O)NCc3ccccc3)C2)CC1. The lowest BCUT2D eigenvalue weighted by Gasteiger charge is -2.41. The van der Waals surface area contributed by atoms with Crippen molar-refractivity contribution in [2.75, 3.05) is 32.7 Å². The van der Waals surface area contributed by atoms with Crippen LogP contribution >= 0.6 is 0 Å². The fourth-order valence-electron chi connectivity index (χ4n) is 4.12. The highest BCUT2D eigenvalue weighted by atomic mass is 16.4. The lowest BCUT2D eigenvalue weighted by molar-refractivity contribution is -0.139. The summed E-state index contributed by atoms with van der Waals surface area (Å²) >= 11 is 0. The van der Waals surface area contributed by atoms with Crippen molar-refractivity contribution in [1.82, 2.24) is 15.1 Å². The average molecular weight is 359 g/mol. The largest absolute Gasteiger partial charge is 0.480 e. The van der Waals surface area contributed by atoms with Gasteiger partial charge in [0, 0.05) is 32.2 Å². The Morgan fingerprint density at radius 2 is 1.81 bits per heavy atom. The first-order valence-electron chi connectivity index (χ1n) is 9.61. The van der Waals surface area contributed by atoms with Gasteiger partial charge >= 0.3 is 5.97 Å². The van der Waals surface area contributed by atoms with Crippen molar-refractivity contribution >= 4 is 11.9 Å². The number of carbonyl (C=O) groups is 2. The van der Waals surface area contributed by atoms with Gasteiger partial charge < -0.3 is 10.4 Å². The Bertz CT molecular complexity index is 600. The highest BCUT2D eigenvalue weighted by molar-refractivity contribution is 5.79. The number of likely N-dealkylation sites (tertiary alicyclic amines) is 2. The van der Waals surface area contributed by atoms with Gasteiger partial charge in [0.2, 0.25) is 5.91 Å². The van der Waals surface area contributed by atoms with Crippen LogP contribution in [-0.2, 0) is 16.1 Å². The third-order valence-corrected chi connectivity index (χ3v) is 5.57. The number of carboxylic acid groups (broad SMARTS) is 1. The molecule has 0 saturated carbocycles. The summed E-state index contributed by atoms with van der Waals surface area (Å²) in [5.41, 5.74) is 1.12. The number of carboxylic acids is 1. The quantitative estimate of drug-likeness (QED) is 0.807. The van der Waals surface area contributed by atoms with Gasteiger partial charge in [0.15, 0.2) is 0 Å². The van der Waals surface area contributed by atoms with Gasteiger partial charge in [0.1, 0.15) is 0 Å². The highest BCUT2D eigenvalue weighted by Crippen LogP contribution is 2.24. The van der Waals surface area contributed by atoms with Gasteiger partial charge in [0.05, 0.1) is 12.5 Å². The standard InChI is InChI=1S/C20H29N3O3/c24-19(25)15-22-11-8-18(9-12-22)23-10-4-7-17(14-23)20(26)21-13-16-5-2-1-3-6-16/h1-3,5-6,17-18H,4,7-15H2,(H,21,26)(H,24,25)/t17-/m0/s1. The number of piperidine rings is 2.